The number of methoxy groups -OCH3 is 2. The minimum atomic E-state index is -1.13. The van der Waals surface area contributed by atoms with E-state index in [0.717, 1.165) is 53.0 Å². The van der Waals surface area contributed by atoms with E-state index in [1.54, 1.807) is 14.2 Å². The predicted molar refractivity (Wildman–Crippen MR) is 146 cm³/mol. The molecule has 6 nitrogen and oxygen atoms in total. The Morgan fingerprint density at radius 2 is 1.69 bits per heavy atom. The highest BCUT2D eigenvalue weighted by Crippen LogP contribution is 2.40. The van der Waals surface area contributed by atoms with Gasteiger partial charge in [0.1, 0.15) is 22.0 Å². The number of carboxylic acid groups (broad SMARTS) is 1. The smallest absolute Gasteiger partial charge is 0.326 e. The van der Waals surface area contributed by atoms with Gasteiger partial charge in [0.05, 0.1) is 25.4 Å². The number of ether oxygens (including phenoxy) is 2. The van der Waals surface area contributed by atoms with Gasteiger partial charge in [-0.3, -0.25) is 4.79 Å². The standard InChI is InChI=1S/C27H31Cl2NO5S/c1-4-36-15-17-13-21(34-2)23(22(14-17)35-3)19-10-8-16(9-11-19)12-20(27(32)33)30-26(31)24(25(28)29)18-6-5-7-18/h8-11,13-14,18,20H,4-7,12,15H2,1-3H3,(H,30,31)(H,32,33). The van der Waals surface area contributed by atoms with Crippen molar-refractivity contribution in [2.75, 3.05) is 20.0 Å². The van der Waals surface area contributed by atoms with Crippen molar-refractivity contribution >= 4 is 46.8 Å². The van der Waals surface area contributed by atoms with E-state index in [9.17, 15) is 14.7 Å². The third-order valence-electron chi connectivity index (χ3n) is 6.29. The Balaban J connectivity index is 1.80. The highest BCUT2D eigenvalue weighted by atomic mass is 35.5. The Hall–Kier alpha value is -2.35. The average molecular weight is 553 g/mol. The van der Waals surface area contributed by atoms with E-state index in [1.165, 1.54) is 0 Å². The molecule has 3 rings (SSSR count). The van der Waals surface area contributed by atoms with Gasteiger partial charge < -0.3 is 19.9 Å². The molecule has 2 N–H and O–H groups in total. The lowest BCUT2D eigenvalue weighted by atomic mass is 9.80. The summed E-state index contributed by atoms with van der Waals surface area (Å²) in [5.74, 6) is 1.60. The van der Waals surface area contributed by atoms with Crippen molar-refractivity contribution in [3.8, 4) is 22.6 Å². The van der Waals surface area contributed by atoms with Gasteiger partial charge in [-0.1, -0.05) is 60.8 Å². The Morgan fingerprint density at radius 1 is 1.08 bits per heavy atom. The second-order valence-corrected chi connectivity index (χ2v) is 10.8. The number of halogens is 2. The van der Waals surface area contributed by atoms with Crippen molar-refractivity contribution in [2.45, 2.75) is 44.4 Å². The molecule has 36 heavy (non-hydrogen) atoms. The highest BCUT2D eigenvalue weighted by Gasteiger charge is 2.31. The topological polar surface area (TPSA) is 84.9 Å². The first-order chi connectivity index (χ1) is 17.3. The molecule has 2 aromatic carbocycles. The van der Waals surface area contributed by atoms with Gasteiger partial charge in [0.15, 0.2) is 0 Å². The molecule has 1 aliphatic carbocycles. The summed E-state index contributed by atoms with van der Waals surface area (Å²) in [7, 11) is 3.26. The monoisotopic (exact) mass is 551 g/mol. The van der Waals surface area contributed by atoms with Crippen molar-refractivity contribution in [3.05, 3.63) is 57.6 Å². The molecular weight excluding hydrogens is 521 g/mol. The summed E-state index contributed by atoms with van der Waals surface area (Å²) in [5.41, 5.74) is 3.84. The van der Waals surface area contributed by atoms with Gasteiger partial charge in [0.2, 0.25) is 0 Å². The molecule has 1 unspecified atom stereocenters. The van der Waals surface area contributed by atoms with Gasteiger partial charge in [0, 0.05) is 12.2 Å². The lowest BCUT2D eigenvalue weighted by Crippen LogP contribution is -2.44. The lowest BCUT2D eigenvalue weighted by Gasteiger charge is -2.28. The molecule has 0 radical (unpaired) electrons. The molecule has 2 aromatic rings. The van der Waals surface area contributed by atoms with Crippen LogP contribution in [0.15, 0.2) is 46.5 Å². The number of hydrogen-bond donors (Lipinski definition) is 2. The Labute approximate surface area is 226 Å². The predicted octanol–water partition coefficient (Wildman–Crippen LogP) is 6.23. The van der Waals surface area contributed by atoms with Crippen LogP contribution in [-0.4, -0.2) is 43.0 Å². The number of nitrogens with one attached hydrogen (secondary N) is 1. The molecule has 0 aliphatic heterocycles. The number of rotatable bonds is 12. The van der Waals surface area contributed by atoms with Crippen LogP contribution in [0.4, 0.5) is 0 Å². The summed E-state index contributed by atoms with van der Waals surface area (Å²) in [6.45, 7) is 2.12. The fraction of sp³-hybridized carbons (Fsp3) is 0.407. The van der Waals surface area contributed by atoms with Crippen molar-refractivity contribution in [3.63, 3.8) is 0 Å². The fourth-order valence-electron chi connectivity index (χ4n) is 4.16. The van der Waals surface area contributed by atoms with Gasteiger partial charge in [-0.2, -0.15) is 11.8 Å². The summed E-state index contributed by atoms with van der Waals surface area (Å²) in [6.07, 6.45) is 2.74. The van der Waals surface area contributed by atoms with Crippen molar-refractivity contribution in [1.29, 1.82) is 0 Å². The summed E-state index contributed by atoms with van der Waals surface area (Å²) < 4.78 is 11.2. The van der Waals surface area contributed by atoms with E-state index < -0.39 is 17.9 Å². The third-order valence-corrected chi connectivity index (χ3v) is 7.64. The summed E-state index contributed by atoms with van der Waals surface area (Å²) in [6, 6.07) is 10.4. The van der Waals surface area contributed by atoms with Gasteiger partial charge in [0.25, 0.3) is 5.91 Å². The van der Waals surface area contributed by atoms with Crippen LogP contribution in [0.2, 0.25) is 0 Å². The van der Waals surface area contributed by atoms with E-state index >= 15 is 0 Å². The molecule has 0 aromatic heterocycles. The number of hydrogen-bond acceptors (Lipinski definition) is 5. The van der Waals surface area contributed by atoms with Crippen molar-refractivity contribution in [1.82, 2.24) is 5.32 Å². The minimum Gasteiger partial charge on any atom is -0.496 e. The average Bonchev–Trinajstić information content (AvgIpc) is 2.83. The zero-order valence-electron chi connectivity index (χ0n) is 20.6. The SMILES string of the molecule is CCSCc1cc(OC)c(-c2ccc(CC(NC(=O)C(=C(Cl)Cl)C3CCC3)C(=O)O)cc2)c(OC)c1. The maximum atomic E-state index is 12.8. The summed E-state index contributed by atoms with van der Waals surface area (Å²) in [5, 5.41) is 12.3. The molecule has 1 atom stereocenters. The second-order valence-electron chi connectivity index (χ2n) is 8.58. The van der Waals surface area contributed by atoms with Crippen molar-refractivity contribution < 1.29 is 24.2 Å². The molecule has 1 amide bonds. The second kappa shape index (κ2) is 13.3. The maximum Gasteiger partial charge on any atom is 0.326 e. The number of amides is 1. The number of carbonyl (C=O) groups is 2. The van der Waals surface area contributed by atoms with E-state index in [4.69, 9.17) is 32.7 Å². The van der Waals surface area contributed by atoms with Crippen LogP contribution < -0.4 is 14.8 Å². The van der Waals surface area contributed by atoms with Gasteiger partial charge in [-0.15, -0.1) is 0 Å². The zero-order valence-corrected chi connectivity index (χ0v) is 22.9. The van der Waals surface area contributed by atoms with Crippen LogP contribution in [-0.2, 0) is 21.8 Å². The van der Waals surface area contributed by atoms with Crippen LogP contribution in [0.25, 0.3) is 11.1 Å². The fourth-order valence-corrected chi connectivity index (χ4v) is 5.24. The van der Waals surface area contributed by atoms with E-state index in [0.29, 0.717) is 11.5 Å². The molecule has 0 saturated heterocycles. The van der Waals surface area contributed by atoms with E-state index in [-0.39, 0.29) is 22.4 Å². The van der Waals surface area contributed by atoms with Crippen LogP contribution in [0, 0.1) is 5.92 Å². The molecule has 194 valence electrons. The number of thioether (sulfide) groups is 1. The molecule has 1 saturated carbocycles. The quantitative estimate of drug-likeness (QED) is 0.304. The Kier molecular flexibility index (Phi) is 10.4. The van der Waals surface area contributed by atoms with Crippen LogP contribution in [0.1, 0.15) is 37.3 Å². The zero-order chi connectivity index (χ0) is 26.2. The normalized spacial score (nSPS) is 13.9. The molecule has 1 aliphatic rings. The molecular formula is C27H31Cl2NO5S. The van der Waals surface area contributed by atoms with Crippen LogP contribution in [0.5, 0.6) is 11.5 Å². The first-order valence-electron chi connectivity index (χ1n) is 11.8. The Morgan fingerprint density at radius 3 is 2.14 bits per heavy atom. The molecule has 0 bridgehead atoms. The Bertz CT molecular complexity index is 1090. The van der Waals surface area contributed by atoms with Gasteiger partial charge >= 0.3 is 5.97 Å². The third kappa shape index (κ3) is 6.90. The summed E-state index contributed by atoms with van der Waals surface area (Å²) >= 11 is 13.7. The maximum absolute atomic E-state index is 12.8. The van der Waals surface area contributed by atoms with Crippen LogP contribution in [0.3, 0.4) is 0 Å². The van der Waals surface area contributed by atoms with Gasteiger partial charge in [-0.05, 0) is 53.3 Å². The molecule has 0 heterocycles. The lowest BCUT2D eigenvalue weighted by molar-refractivity contribution is -0.141. The minimum absolute atomic E-state index is 0.0272. The molecule has 0 spiro atoms. The first kappa shape index (κ1) is 28.2. The number of carbonyl (C=O) groups excluding carboxylic acids is 1. The van der Waals surface area contributed by atoms with Gasteiger partial charge in [-0.25, -0.2) is 4.79 Å². The number of aliphatic carboxylic acids is 1. The van der Waals surface area contributed by atoms with Crippen molar-refractivity contribution in [2.24, 2.45) is 5.92 Å². The summed E-state index contributed by atoms with van der Waals surface area (Å²) in [4.78, 5) is 24.7. The van der Waals surface area contributed by atoms with E-state index in [2.05, 4.69) is 12.2 Å². The molecule has 1 fully saturated rings. The largest absolute Gasteiger partial charge is 0.496 e. The van der Waals surface area contributed by atoms with Crippen LogP contribution >= 0.6 is 35.0 Å². The number of carboxylic acids is 1. The highest BCUT2D eigenvalue weighted by molar-refractivity contribution is 7.98. The van der Waals surface area contributed by atoms with E-state index in [1.807, 2.05) is 48.2 Å². The first-order valence-corrected chi connectivity index (χ1v) is 13.7. The number of benzene rings is 2. The molecule has 9 heteroatoms.